The van der Waals surface area contributed by atoms with Crippen LogP contribution in [0.5, 0.6) is 0 Å². The lowest BCUT2D eigenvalue weighted by Crippen LogP contribution is -2.25. The lowest BCUT2D eigenvalue weighted by Gasteiger charge is -2.28. The summed E-state index contributed by atoms with van der Waals surface area (Å²) < 4.78 is 41.1. The van der Waals surface area contributed by atoms with Crippen molar-refractivity contribution >= 4 is 44.6 Å². The summed E-state index contributed by atoms with van der Waals surface area (Å²) >= 11 is 19.9. The molecule has 0 unspecified atom stereocenters. The predicted octanol–water partition coefficient (Wildman–Crippen LogP) is 7.09. The summed E-state index contributed by atoms with van der Waals surface area (Å²) in [6.45, 7) is 6.30. The molecule has 0 spiro atoms. The third-order valence-corrected chi connectivity index (χ3v) is 8.83. The Morgan fingerprint density at radius 2 is 1.57 bits per heavy atom. The van der Waals surface area contributed by atoms with Crippen LogP contribution in [0.1, 0.15) is 50.3 Å². The quantitative estimate of drug-likeness (QED) is 0.229. The first-order valence-corrected chi connectivity index (χ1v) is 15.2. The molecule has 0 bridgehead atoms. The van der Waals surface area contributed by atoms with Gasteiger partial charge in [0.1, 0.15) is 17.2 Å². The Bertz CT molecular complexity index is 1710. The first-order chi connectivity index (χ1) is 18.5. The molecule has 1 aromatic heterocycles. The molecular weight excluding hydrogens is 598 g/mol. The highest BCUT2D eigenvalue weighted by molar-refractivity contribution is 7.90. The average molecular weight is 626 g/mol. The van der Waals surface area contributed by atoms with Gasteiger partial charge in [-0.3, -0.25) is 0 Å². The summed E-state index contributed by atoms with van der Waals surface area (Å²) in [5.41, 5.74) is -0.136. The fourth-order valence-corrected chi connectivity index (χ4v) is 6.74. The van der Waals surface area contributed by atoms with Gasteiger partial charge in [0, 0.05) is 33.6 Å². The maximum Gasteiger partial charge on any atom is 0.176 e. The Kier molecular flexibility index (Phi) is 8.19. The van der Waals surface area contributed by atoms with Crippen molar-refractivity contribution in [3.05, 3.63) is 98.3 Å². The molecule has 0 radical (unpaired) electrons. The van der Waals surface area contributed by atoms with Gasteiger partial charge in [0.15, 0.2) is 9.84 Å². The molecule has 0 amide bonds. The number of hydrogen-bond acceptors (Lipinski definition) is 5. The molecule has 0 saturated heterocycles. The average Bonchev–Trinajstić information content (AvgIpc) is 3.29. The van der Waals surface area contributed by atoms with Gasteiger partial charge >= 0.3 is 0 Å². The minimum atomic E-state index is -3.82. The number of halogens is 4. The van der Waals surface area contributed by atoms with Crippen molar-refractivity contribution in [1.29, 1.82) is 0 Å². The van der Waals surface area contributed by atoms with Gasteiger partial charge in [-0.05, 0) is 75.2 Å². The third kappa shape index (κ3) is 5.66. The monoisotopic (exact) mass is 624 g/mol. The van der Waals surface area contributed by atoms with E-state index in [1.807, 2.05) is 13.8 Å². The summed E-state index contributed by atoms with van der Waals surface area (Å²) in [4.78, 5) is 4.48. The predicted molar refractivity (Wildman–Crippen MR) is 157 cm³/mol. The second-order valence-corrected chi connectivity index (χ2v) is 13.8. The highest BCUT2D eigenvalue weighted by Crippen LogP contribution is 2.42. The van der Waals surface area contributed by atoms with Gasteiger partial charge in [-0.1, -0.05) is 46.9 Å². The molecule has 1 heterocycles. The van der Waals surface area contributed by atoms with Gasteiger partial charge in [-0.15, -0.1) is 0 Å². The van der Waals surface area contributed by atoms with Crippen LogP contribution in [0.4, 0.5) is 4.39 Å². The van der Waals surface area contributed by atoms with E-state index in [0.29, 0.717) is 38.4 Å². The van der Waals surface area contributed by atoms with Crippen molar-refractivity contribution in [2.75, 3.05) is 6.26 Å². The van der Waals surface area contributed by atoms with E-state index in [1.54, 1.807) is 61.0 Å². The molecule has 2 N–H and O–H groups in total. The maximum atomic E-state index is 14.8. The normalized spacial score (nSPS) is 12.7. The molecule has 40 heavy (non-hydrogen) atoms. The smallest absolute Gasteiger partial charge is 0.176 e. The number of hydrogen-bond donors (Lipinski definition) is 2. The Hall–Kier alpha value is -2.46. The molecule has 0 atom stereocenters. The standard InChI is InChI=1S/C29H28Cl3FN2O4S/c1-28(2,26-19(30)7-6-8-20(26)31)27-34-25(29(3,4)37)14-35(27)23-10-9-16(11-21(23)32)17-12-22(33)18(15-36)24(13-17)40(5,38)39/h6-14,36-37H,15H2,1-5H3. The zero-order chi connectivity index (χ0) is 29.8. The lowest BCUT2D eigenvalue weighted by molar-refractivity contribution is 0.0740. The van der Waals surface area contributed by atoms with Crippen molar-refractivity contribution in [2.24, 2.45) is 0 Å². The fourth-order valence-electron chi connectivity index (χ4n) is 4.65. The molecule has 0 fully saturated rings. The molecule has 0 saturated carbocycles. The van der Waals surface area contributed by atoms with Crippen LogP contribution in [0.25, 0.3) is 16.8 Å². The van der Waals surface area contributed by atoms with E-state index < -0.39 is 33.3 Å². The summed E-state index contributed by atoms with van der Waals surface area (Å²) in [6, 6.07) is 12.6. The minimum absolute atomic E-state index is 0.257. The second-order valence-electron chi connectivity index (χ2n) is 10.6. The van der Waals surface area contributed by atoms with E-state index in [2.05, 4.69) is 0 Å². The van der Waals surface area contributed by atoms with Crippen LogP contribution in [-0.2, 0) is 27.5 Å². The van der Waals surface area contributed by atoms with E-state index in [9.17, 15) is 23.0 Å². The number of nitrogens with zero attached hydrogens (tertiary/aromatic N) is 2. The van der Waals surface area contributed by atoms with Crippen LogP contribution in [0.15, 0.2) is 59.6 Å². The number of aliphatic hydroxyl groups excluding tert-OH is 1. The maximum absolute atomic E-state index is 14.8. The van der Waals surface area contributed by atoms with E-state index in [0.717, 1.165) is 12.3 Å². The number of benzene rings is 3. The van der Waals surface area contributed by atoms with Gasteiger partial charge in [0.25, 0.3) is 0 Å². The minimum Gasteiger partial charge on any atom is -0.392 e. The molecular formula is C29H28Cl3FN2O4S. The van der Waals surface area contributed by atoms with Crippen molar-refractivity contribution in [3.8, 4) is 16.8 Å². The van der Waals surface area contributed by atoms with Gasteiger partial charge in [-0.25, -0.2) is 17.8 Å². The molecule has 4 rings (SSSR count). The van der Waals surface area contributed by atoms with Crippen LogP contribution in [0.3, 0.4) is 0 Å². The summed E-state index contributed by atoms with van der Waals surface area (Å²) in [6.07, 6.45) is 2.63. The van der Waals surface area contributed by atoms with Crippen molar-refractivity contribution in [2.45, 2.75) is 50.2 Å². The highest BCUT2D eigenvalue weighted by Gasteiger charge is 2.35. The Balaban J connectivity index is 1.92. The summed E-state index contributed by atoms with van der Waals surface area (Å²) in [5.74, 6) is -0.335. The Morgan fingerprint density at radius 1 is 0.950 bits per heavy atom. The van der Waals surface area contributed by atoms with Crippen LogP contribution in [0.2, 0.25) is 15.1 Å². The zero-order valence-corrected chi connectivity index (χ0v) is 25.5. The van der Waals surface area contributed by atoms with Gasteiger partial charge in [0.2, 0.25) is 0 Å². The molecule has 3 aromatic carbocycles. The number of rotatable bonds is 7. The number of aliphatic hydroxyl groups is 2. The van der Waals surface area contributed by atoms with Gasteiger partial charge < -0.3 is 14.8 Å². The second kappa shape index (κ2) is 10.7. The molecule has 212 valence electrons. The molecule has 11 heteroatoms. The van der Waals surface area contributed by atoms with Crippen molar-refractivity contribution in [1.82, 2.24) is 9.55 Å². The SMILES string of the molecule is CC(C)(O)c1cn(-c2ccc(-c3cc(F)c(CO)c(S(C)(=O)=O)c3)cc2Cl)c(C(C)(C)c2c(Cl)cccc2Cl)n1. The molecule has 0 aliphatic carbocycles. The van der Waals surface area contributed by atoms with E-state index in [-0.39, 0.29) is 21.0 Å². The van der Waals surface area contributed by atoms with Gasteiger partial charge in [-0.2, -0.15) is 0 Å². The van der Waals surface area contributed by atoms with E-state index >= 15 is 0 Å². The summed E-state index contributed by atoms with van der Waals surface area (Å²) in [7, 11) is -3.82. The van der Waals surface area contributed by atoms with Crippen LogP contribution in [-0.4, -0.2) is 34.4 Å². The molecule has 6 nitrogen and oxygen atoms in total. The highest BCUT2D eigenvalue weighted by atomic mass is 35.5. The summed E-state index contributed by atoms with van der Waals surface area (Å²) in [5, 5.41) is 21.5. The number of aromatic nitrogens is 2. The lowest BCUT2D eigenvalue weighted by atomic mass is 9.83. The van der Waals surface area contributed by atoms with Crippen LogP contribution >= 0.6 is 34.8 Å². The first-order valence-electron chi connectivity index (χ1n) is 12.2. The largest absolute Gasteiger partial charge is 0.392 e. The zero-order valence-electron chi connectivity index (χ0n) is 22.4. The number of imidazole rings is 1. The number of sulfone groups is 1. The Labute approximate surface area is 247 Å². The topological polar surface area (TPSA) is 92.4 Å². The fraction of sp³-hybridized carbons (Fsp3) is 0.276. The van der Waals surface area contributed by atoms with Crippen molar-refractivity contribution < 1.29 is 23.0 Å². The van der Waals surface area contributed by atoms with Gasteiger partial charge in [0.05, 0.1) is 33.3 Å². The molecule has 0 aliphatic rings. The Morgan fingerprint density at radius 3 is 2.10 bits per heavy atom. The van der Waals surface area contributed by atoms with Crippen molar-refractivity contribution in [3.63, 3.8) is 0 Å². The van der Waals surface area contributed by atoms with Crippen LogP contribution in [0, 0.1) is 5.82 Å². The van der Waals surface area contributed by atoms with Crippen LogP contribution < -0.4 is 0 Å². The third-order valence-electron chi connectivity index (χ3n) is 6.73. The molecule has 0 aliphatic heterocycles. The van der Waals surface area contributed by atoms with E-state index in [1.165, 1.54) is 6.07 Å². The van der Waals surface area contributed by atoms with E-state index in [4.69, 9.17) is 39.8 Å². The molecule has 4 aromatic rings. The first kappa shape index (κ1) is 30.5.